The highest BCUT2D eigenvalue weighted by Crippen LogP contribution is 2.56. The number of halogens is 6. The van der Waals surface area contributed by atoms with E-state index in [0.29, 0.717) is 5.30 Å². The van der Waals surface area contributed by atoms with Crippen molar-refractivity contribution < 1.29 is 26.3 Å². The Morgan fingerprint density at radius 3 is 1.24 bits per heavy atom. The quantitative estimate of drug-likeness (QED) is 0.213. The average Bonchev–Trinajstić information content (AvgIpc) is 2.80. The van der Waals surface area contributed by atoms with Crippen LogP contribution in [0.1, 0.15) is 11.1 Å². The molecule has 0 bridgehead atoms. The maximum absolute atomic E-state index is 14.5. The summed E-state index contributed by atoms with van der Waals surface area (Å²) in [5.74, 6) is 0. The molecule has 0 aromatic heterocycles. The van der Waals surface area contributed by atoms with E-state index in [0.717, 1.165) is 34.9 Å². The molecule has 0 saturated carbocycles. The van der Waals surface area contributed by atoms with Gasteiger partial charge in [0.1, 0.15) is 0 Å². The number of rotatable bonds is 5. The molecule has 0 N–H and O–H groups in total. The van der Waals surface area contributed by atoms with Crippen molar-refractivity contribution in [2.24, 2.45) is 0 Å². The minimum absolute atomic E-state index is 0.402. The first-order valence-electron chi connectivity index (χ1n) is 10.4. The van der Waals surface area contributed by atoms with Gasteiger partial charge in [0.2, 0.25) is 5.41 Å². The molecule has 0 aliphatic rings. The minimum Gasteiger partial charge on any atom is -0.169 e. The van der Waals surface area contributed by atoms with Crippen molar-refractivity contribution in [1.82, 2.24) is 0 Å². The normalized spacial score (nSPS) is 12.7. The van der Waals surface area contributed by atoms with Crippen LogP contribution >= 0.6 is 7.92 Å². The molecule has 0 saturated heterocycles. The second kappa shape index (κ2) is 9.27. The first-order chi connectivity index (χ1) is 16.2. The topological polar surface area (TPSA) is 0 Å². The fourth-order valence-electron chi connectivity index (χ4n) is 4.15. The van der Waals surface area contributed by atoms with E-state index >= 15 is 0 Å². The predicted molar refractivity (Wildman–Crippen MR) is 124 cm³/mol. The van der Waals surface area contributed by atoms with Crippen molar-refractivity contribution in [2.45, 2.75) is 17.8 Å². The molecular weight excluding hydrogens is 469 g/mol. The summed E-state index contributed by atoms with van der Waals surface area (Å²) >= 11 is 0. The number of hydrogen-bond acceptors (Lipinski definition) is 0. The summed E-state index contributed by atoms with van der Waals surface area (Å²) in [7, 11) is -1.38. The molecule has 0 fully saturated rings. The zero-order valence-corrected chi connectivity index (χ0v) is 18.6. The smallest absolute Gasteiger partial charge is 0.169 e. The van der Waals surface area contributed by atoms with Gasteiger partial charge in [-0.2, -0.15) is 26.3 Å². The molecule has 0 aliphatic carbocycles. The van der Waals surface area contributed by atoms with Crippen LogP contribution in [0.2, 0.25) is 0 Å². The number of hydrogen-bond donors (Lipinski definition) is 0. The highest BCUT2D eigenvalue weighted by molar-refractivity contribution is 7.79. The van der Waals surface area contributed by atoms with Crippen LogP contribution in [0.3, 0.4) is 0 Å². The first-order valence-corrected chi connectivity index (χ1v) is 11.7. The van der Waals surface area contributed by atoms with Crippen molar-refractivity contribution in [2.75, 3.05) is 0 Å². The maximum atomic E-state index is 14.5. The Balaban J connectivity index is 2.00. The van der Waals surface area contributed by atoms with Crippen LogP contribution < -0.4 is 15.9 Å². The largest absolute Gasteiger partial charge is 0.411 e. The second-order valence-electron chi connectivity index (χ2n) is 7.67. The van der Waals surface area contributed by atoms with E-state index in [9.17, 15) is 26.3 Å². The molecule has 0 aliphatic heterocycles. The monoisotopic (exact) mass is 488 g/mol. The summed E-state index contributed by atoms with van der Waals surface area (Å²) in [6, 6.07) is 28.6. The van der Waals surface area contributed by atoms with Gasteiger partial charge in [-0.1, -0.05) is 109 Å². The lowest BCUT2D eigenvalue weighted by molar-refractivity contribution is -0.288. The van der Waals surface area contributed by atoms with E-state index in [2.05, 4.69) is 0 Å². The van der Waals surface area contributed by atoms with Crippen LogP contribution in [0.5, 0.6) is 0 Å². The van der Waals surface area contributed by atoms with Crippen molar-refractivity contribution >= 4 is 23.8 Å². The van der Waals surface area contributed by atoms with Gasteiger partial charge in [-0.15, -0.1) is 0 Å². The molecule has 174 valence electrons. The predicted octanol–water partition coefficient (Wildman–Crippen LogP) is 6.86. The third-order valence-corrected chi connectivity index (χ3v) is 8.05. The van der Waals surface area contributed by atoms with Gasteiger partial charge in [0.15, 0.2) is 0 Å². The molecule has 0 atom stereocenters. The summed E-state index contributed by atoms with van der Waals surface area (Å²) in [6.45, 7) is 0. The van der Waals surface area contributed by atoms with E-state index in [1.807, 2.05) is 36.4 Å². The van der Waals surface area contributed by atoms with Crippen LogP contribution in [0, 0.1) is 0 Å². The summed E-state index contributed by atoms with van der Waals surface area (Å²) in [5.41, 5.74) is -5.88. The van der Waals surface area contributed by atoms with Gasteiger partial charge in [-0.05, 0) is 41.0 Å². The summed E-state index contributed by atoms with van der Waals surface area (Å²) in [4.78, 5) is 0. The van der Waals surface area contributed by atoms with Gasteiger partial charge in [0.25, 0.3) is 0 Å². The van der Waals surface area contributed by atoms with Crippen LogP contribution in [0.15, 0.2) is 115 Å². The van der Waals surface area contributed by atoms with Crippen molar-refractivity contribution in [3.05, 3.63) is 126 Å². The Labute approximate surface area is 194 Å². The zero-order chi connectivity index (χ0) is 24.4. The SMILES string of the molecule is FC(F)(F)C(c1ccccc1)(c1cccc(P(c2ccccc2)c2ccccc2)c1)C(F)(F)F. The van der Waals surface area contributed by atoms with E-state index in [1.54, 1.807) is 30.3 Å². The molecule has 0 heterocycles. The van der Waals surface area contributed by atoms with Crippen LogP contribution in [0.4, 0.5) is 26.3 Å². The Hall–Kier alpha value is -3.11. The fourth-order valence-corrected chi connectivity index (χ4v) is 6.49. The van der Waals surface area contributed by atoms with Crippen LogP contribution in [-0.2, 0) is 5.41 Å². The Morgan fingerprint density at radius 2 is 0.794 bits per heavy atom. The Morgan fingerprint density at radius 1 is 0.412 bits per heavy atom. The molecule has 34 heavy (non-hydrogen) atoms. The highest BCUT2D eigenvalue weighted by atomic mass is 31.1. The van der Waals surface area contributed by atoms with Gasteiger partial charge in [-0.3, -0.25) is 0 Å². The molecule has 0 radical (unpaired) electrons. The average molecular weight is 488 g/mol. The summed E-state index contributed by atoms with van der Waals surface area (Å²) in [6.07, 6.45) is -11.2. The minimum atomic E-state index is -5.62. The summed E-state index contributed by atoms with van der Waals surface area (Å²) < 4.78 is 87.0. The third-order valence-electron chi connectivity index (χ3n) is 5.62. The highest BCUT2D eigenvalue weighted by Gasteiger charge is 2.72. The van der Waals surface area contributed by atoms with Gasteiger partial charge in [0.05, 0.1) is 0 Å². The molecule has 0 spiro atoms. The van der Waals surface area contributed by atoms with Gasteiger partial charge in [0, 0.05) is 0 Å². The molecule has 4 aromatic carbocycles. The standard InChI is InChI=1S/C27H19F6P/c28-26(29,30)25(27(31,32)33,20-11-4-1-5-12-20)21-13-10-18-24(19-21)34(22-14-6-2-7-15-22)23-16-8-3-9-17-23/h1-19H. The third kappa shape index (κ3) is 4.23. The lowest BCUT2D eigenvalue weighted by Crippen LogP contribution is -2.55. The maximum Gasteiger partial charge on any atom is 0.411 e. The second-order valence-corrected chi connectivity index (χ2v) is 9.89. The fraction of sp³-hybridized carbons (Fsp3) is 0.111. The number of benzene rings is 4. The molecule has 0 nitrogen and oxygen atoms in total. The van der Waals surface area contributed by atoms with E-state index in [4.69, 9.17) is 0 Å². The molecule has 0 unspecified atom stereocenters. The molecule has 4 rings (SSSR count). The summed E-state index contributed by atoms with van der Waals surface area (Å²) in [5, 5.41) is 2.05. The van der Waals surface area contributed by atoms with Crippen molar-refractivity contribution in [1.29, 1.82) is 0 Å². The Kier molecular flexibility index (Phi) is 6.55. The Bertz CT molecular complexity index is 1170. The lowest BCUT2D eigenvalue weighted by atomic mass is 9.73. The first kappa shape index (κ1) is 24.0. The van der Waals surface area contributed by atoms with E-state index in [1.165, 1.54) is 24.3 Å². The van der Waals surface area contributed by atoms with Gasteiger partial charge in [-0.25, -0.2) is 0 Å². The molecule has 7 heteroatoms. The molecular formula is C27H19F6P. The van der Waals surface area contributed by atoms with Crippen molar-refractivity contribution in [3.8, 4) is 0 Å². The number of alkyl halides is 6. The van der Waals surface area contributed by atoms with E-state index in [-0.39, 0.29) is 0 Å². The van der Waals surface area contributed by atoms with Crippen LogP contribution in [-0.4, -0.2) is 12.4 Å². The van der Waals surface area contributed by atoms with Gasteiger partial charge < -0.3 is 0 Å². The molecule has 4 aromatic rings. The van der Waals surface area contributed by atoms with Crippen molar-refractivity contribution in [3.63, 3.8) is 0 Å². The van der Waals surface area contributed by atoms with E-state index < -0.39 is 36.8 Å². The lowest BCUT2D eigenvalue weighted by Gasteiger charge is -2.38. The van der Waals surface area contributed by atoms with Crippen LogP contribution in [0.25, 0.3) is 0 Å². The van der Waals surface area contributed by atoms with Gasteiger partial charge >= 0.3 is 12.4 Å². The zero-order valence-electron chi connectivity index (χ0n) is 17.7. The molecule has 0 amide bonds.